The van der Waals surface area contributed by atoms with E-state index in [1.54, 1.807) is 0 Å². The summed E-state index contributed by atoms with van der Waals surface area (Å²) >= 11 is 3.43. The molecule has 0 saturated carbocycles. The summed E-state index contributed by atoms with van der Waals surface area (Å²) in [4.78, 5) is 2.37. The number of hydrogen-bond acceptors (Lipinski definition) is 3. The molecule has 1 fully saturated rings. The topological polar surface area (TPSA) is 32.7 Å². The number of nitrogens with zero attached hydrogens (tertiary/aromatic N) is 1. The van der Waals surface area contributed by atoms with Crippen LogP contribution < -0.4 is 0 Å². The van der Waals surface area contributed by atoms with E-state index in [1.165, 1.54) is 0 Å². The van der Waals surface area contributed by atoms with Crippen molar-refractivity contribution in [1.29, 1.82) is 0 Å². The molecule has 1 heterocycles. The Morgan fingerprint density at radius 3 is 2.95 bits per heavy atom. The molecule has 106 valence electrons. The molecule has 1 aliphatic rings. The van der Waals surface area contributed by atoms with Crippen LogP contribution in [0.4, 0.5) is 0 Å². The quantitative estimate of drug-likeness (QED) is 0.922. The van der Waals surface area contributed by atoms with Gasteiger partial charge in [-0.15, -0.1) is 0 Å². The molecule has 2 rings (SSSR count). The van der Waals surface area contributed by atoms with Gasteiger partial charge in [-0.1, -0.05) is 28.1 Å². The summed E-state index contributed by atoms with van der Waals surface area (Å²) in [6.07, 6.45) is 0.357. The van der Waals surface area contributed by atoms with E-state index in [-0.39, 0.29) is 5.60 Å². The number of aliphatic hydroxyl groups is 1. The minimum Gasteiger partial charge on any atom is -0.388 e. The van der Waals surface area contributed by atoms with Crippen molar-refractivity contribution in [1.82, 2.24) is 4.90 Å². The zero-order valence-electron chi connectivity index (χ0n) is 11.6. The van der Waals surface area contributed by atoms with E-state index in [1.807, 2.05) is 24.3 Å². The summed E-state index contributed by atoms with van der Waals surface area (Å²) in [6.45, 7) is 7.79. The standard InChI is InChI=1S/C15H22BrNO2/c1-15(2)11-17(8-9-19-15)7-6-14(18)12-4-3-5-13(16)10-12/h3-5,10,14,18H,6-9,11H2,1-2H3. The van der Waals surface area contributed by atoms with Crippen molar-refractivity contribution in [2.24, 2.45) is 0 Å². The van der Waals surface area contributed by atoms with Gasteiger partial charge in [0, 0.05) is 24.1 Å². The molecule has 1 unspecified atom stereocenters. The Labute approximate surface area is 123 Å². The maximum Gasteiger partial charge on any atom is 0.0802 e. The minimum atomic E-state index is -0.400. The number of ether oxygens (including phenoxy) is 1. The monoisotopic (exact) mass is 327 g/mol. The predicted octanol–water partition coefficient (Wildman–Crippen LogP) is 2.98. The van der Waals surface area contributed by atoms with Gasteiger partial charge in [0.2, 0.25) is 0 Å². The second kappa shape index (κ2) is 6.35. The molecule has 4 heteroatoms. The average Bonchev–Trinajstić information content (AvgIpc) is 2.35. The molecule has 1 N–H and O–H groups in total. The van der Waals surface area contributed by atoms with E-state index in [0.717, 1.165) is 42.7 Å². The van der Waals surface area contributed by atoms with Crippen molar-refractivity contribution < 1.29 is 9.84 Å². The molecule has 1 saturated heterocycles. The SMILES string of the molecule is CC1(C)CN(CCC(O)c2cccc(Br)c2)CCO1. The van der Waals surface area contributed by atoms with Crippen LogP contribution in [0.15, 0.2) is 28.7 Å². The van der Waals surface area contributed by atoms with E-state index in [2.05, 4.69) is 34.7 Å². The van der Waals surface area contributed by atoms with Gasteiger partial charge >= 0.3 is 0 Å². The van der Waals surface area contributed by atoms with Gasteiger partial charge in [-0.05, 0) is 38.0 Å². The molecule has 0 amide bonds. The molecule has 0 bridgehead atoms. The summed E-state index contributed by atoms with van der Waals surface area (Å²) in [6, 6.07) is 7.88. The van der Waals surface area contributed by atoms with Crippen LogP contribution >= 0.6 is 15.9 Å². The van der Waals surface area contributed by atoms with Crippen molar-refractivity contribution in [3.8, 4) is 0 Å². The van der Waals surface area contributed by atoms with Gasteiger partial charge in [-0.2, -0.15) is 0 Å². The molecule has 1 aromatic rings. The molecule has 0 spiro atoms. The first-order chi connectivity index (χ1) is 8.96. The van der Waals surface area contributed by atoms with Crippen LogP contribution in [0.1, 0.15) is 31.9 Å². The Bertz CT molecular complexity index is 422. The molecular weight excluding hydrogens is 306 g/mol. The molecule has 1 aromatic carbocycles. The fourth-order valence-corrected chi connectivity index (χ4v) is 2.91. The van der Waals surface area contributed by atoms with Crippen molar-refractivity contribution >= 4 is 15.9 Å². The van der Waals surface area contributed by atoms with Gasteiger partial charge in [0.05, 0.1) is 18.3 Å². The lowest BCUT2D eigenvalue weighted by molar-refractivity contribution is -0.0878. The van der Waals surface area contributed by atoms with Gasteiger partial charge in [0.15, 0.2) is 0 Å². The molecule has 19 heavy (non-hydrogen) atoms. The van der Waals surface area contributed by atoms with Crippen molar-refractivity contribution in [2.75, 3.05) is 26.2 Å². The molecule has 3 nitrogen and oxygen atoms in total. The predicted molar refractivity (Wildman–Crippen MR) is 80.2 cm³/mol. The number of morpholine rings is 1. The highest BCUT2D eigenvalue weighted by atomic mass is 79.9. The third-order valence-corrected chi connectivity index (χ3v) is 3.95. The second-order valence-electron chi connectivity index (χ2n) is 5.74. The third kappa shape index (κ3) is 4.56. The Morgan fingerprint density at radius 2 is 2.26 bits per heavy atom. The molecular formula is C15H22BrNO2. The molecule has 1 atom stereocenters. The summed E-state index contributed by atoms with van der Waals surface area (Å²) in [7, 11) is 0. The fourth-order valence-electron chi connectivity index (χ4n) is 2.49. The lowest BCUT2D eigenvalue weighted by Gasteiger charge is -2.38. The highest BCUT2D eigenvalue weighted by molar-refractivity contribution is 9.10. The Kier molecular flexibility index (Phi) is 5.01. The van der Waals surface area contributed by atoms with E-state index < -0.39 is 6.10 Å². The molecule has 1 aliphatic heterocycles. The summed E-state index contributed by atoms with van der Waals surface area (Å²) < 4.78 is 6.70. The van der Waals surface area contributed by atoms with Crippen molar-refractivity contribution in [3.05, 3.63) is 34.3 Å². The smallest absolute Gasteiger partial charge is 0.0802 e. The van der Waals surface area contributed by atoms with Crippen LogP contribution in [0, 0.1) is 0 Å². The van der Waals surface area contributed by atoms with E-state index in [0.29, 0.717) is 0 Å². The normalized spacial score (nSPS) is 21.3. The Hall–Kier alpha value is -0.420. The van der Waals surface area contributed by atoms with Crippen LogP contribution in [0.2, 0.25) is 0 Å². The van der Waals surface area contributed by atoms with Gasteiger partial charge in [-0.3, -0.25) is 4.90 Å². The summed E-state index contributed by atoms with van der Waals surface area (Å²) in [5.74, 6) is 0. The number of aliphatic hydroxyl groups excluding tert-OH is 1. The van der Waals surface area contributed by atoms with Crippen LogP contribution in [0.25, 0.3) is 0 Å². The first kappa shape index (κ1) is 15.0. The number of rotatable bonds is 4. The maximum absolute atomic E-state index is 10.2. The van der Waals surface area contributed by atoms with Gasteiger partial charge in [0.25, 0.3) is 0 Å². The molecule has 0 aliphatic carbocycles. The van der Waals surface area contributed by atoms with Crippen LogP contribution in [0.3, 0.4) is 0 Å². The van der Waals surface area contributed by atoms with E-state index >= 15 is 0 Å². The summed E-state index contributed by atoms with van der Waals surface area (Å²) in [5, 5.41) is 10.2. The number of benzene rings is 1. The van der Waals surface area contributed by atoms with E-state index in [4.69, 9.17) is 4.74 Å². The Balaban J connectivity index is 1.85. The number of halogens is 1. The number of hydrogen-bond donors (Lipinski definition) is 1. The average molecular weight is 328 g/mol. The third-order valence-electron chi connectivity index (χ3n) is 3.46. The highest BCUT2D eigenvalue weighted by Gasteiger charge is 2.27. The van der Waals surface area contributed by atoms with Crippen molar-refractivity contribution in [3.63, 3.8) is 0 Å². The Morgan fingerprint density at radius 1 is 1.47 bits per heavy atom. The largest absolute Gasteiger partial charge is 0.388 e. The lowest BCUT2D eigenvalue weighted by atomic mass is 10.0. The van der Waals surface area contributed by atoms with Gasteiger partial charge in [0.1, 0.15) is 0 Å². The zero-order chi connectivity index (χ0) is 13.9. The highest BCUT2D eigenvalue weighted by Crippen LogP contribution is 2.22. The first-order valence-electron chi connectivity index (χ1n) is 6.76. The second-order valence-corrected chi connectivity index (χ2v) is 6.66. The fraction of sp³-hybridized carbons (Fsp3) is 0.600. The van der Waals surface area contributed by atoms with Crippen LogP contribution in [-0.2, 0) is 4.74 Å². The summed E-state index contributed by atoms with van der Waals surface area (Å²) in [5.41, 5.74) is 0.904. The van der Waals surface area contributed by atoms with Crippen LogP contribution in [-0.4, -0.2) is 41.8 Å². The minimum absolute atomic E-state index is 0.0705. The van der Waals surface area contributed by atoms with Crippen molar-refractivity contribution in [2.45, 2.75) is 32.0 Å². The molecule has 0 aromatic heterocycles. The van der Waals surface area contributed by atoms with E-state index in [9.17, 15) is 5.11 Å². The lowest BCUT2D eigenvalue weighted by Crippen LogP contribution is -2.48. The molecule has 0 radical (unpaired) electrons. The first-order valence-corrected chi connectivity index (χ1v) is 7.55. The maximum atomic E-state index is 10.2. The zero-order valence-corrected chi connectivity index (χ0v) is 13.2. The van der Waals surface area contributed by atoms with Crippen LogP contribution in [0.5, 0.6) is 0 Å². The van der Waals surface area contributed by atoms with Gasteiger partial charge in [-0.25, -0.2) is 0 Å². The van der Waals surface area contributed by atoms with Gasteiger partial charge < -0.3 is 9.84 Å².